The third kappa shape index (κ3) is 2.15. The van der Waals surface area contributed by atoms with Gasteiger partial charge >= 0.3 is 0 Å². The molecule has 0 spiro atoms. The summed E-state index contributed by atoms with van der Waals surface area (Å²) in [5, 5.41) is 1.68. The topological polar surface area (TPSA) is 3.24 Å². The first-order chi connectivity index (χ1) is 5.54. The van der Waals surface area contributed by atoms with Gasteiger partial charge in [0.2, 0.25) is 0 Å². The molecule has 0 atom stereocenters. The molecule has 0 aromatic rings. The summed E-state index contributed by atoms with van der Waals surface area (Å²) in [5.41, 5.74) is 0. The van der Waals surface area contributed by atoms with E-state index in [4.69, 9.17) is 6.42 Å². The fourth-order valence-electron chi connectivity index (χ4n) is 1.47. The molecule has 1 heterocycles. The van der Waals surface area contributed by atoms with E-state index >= 15 is 0 Å². The van der Waals surface area contributed by atoms with E-state index in [0.29, 0.717) is 0 Å². The molecule has 0 radical (unpaired) electrons. The minimum Gasteiger partial charge on any atom is -0.329 e. The molecule has 1 rings (SSSR count). The highest BCUT2D eigenvalue weighted by Crippen LogP contribution is 2.21. The molecule has 0 aromatic heterocycles. The predicted molar refractivity (Wildman–Crippen MR) is 56.5 cm³/mol. The third-order valence-corrected chi connectivity index (χ3v) is 4.74. The van der Waals surface area contributed by atoms with Crippen LogP contribution >= 0.6 is 0 Å². The predicted octanol–water partition coefficient (Wildman–Crippen LogP) is 2.09. The fourth-order valence-corrected chi connectivity index (χ4v) is 3.03. The summed E-state index contributed by atoms with van der Waals surface area (Å²) in [6.45, 7) is 9.18. The lowest BCUT2D eigenvalue weighted by molar-refractivity contribution is 0.430. The molecule has 0 fully saturated rings. The summed E-state index contributed by atoms with van der Waals surface area (Å²) in [5.74, 6) is 0. The standard InChI is InChI=1S/C10H17NSi/c1-5-11-8-6-10(7-9-11)12(2,3)4/h1,6H,7-9H2,2-4H3. The molecule has 0 amide bonds. The van der Waals surface area contributed by atoms with Gasteiger partial charge in [0, 0.05) is 19.1 Å². The van der Waals surface area contributed by atoms with Gasteiger partial charge in [0.05, 0.1) is 8.07 Å². The maximum atomic E-state index is 5.32. The summed E-state index contributed by atoms with van der Waals surface area (Å²) < 4.78 is 0. The van der Waals surface area contributed by atoms with Gasteiger partial charge in [-0.2, -0.15) is 0 Å². The third-order valence-electron chi connectivity index (χ3n) is 2.36. The van der Waals surface area contributed by atoms with Gasteiger partial charge in [-0.25, -0.2) is 0 Å². The quantitative estimate of drug-likeness (QED) is 0.440. The zero-order chi connectivity index (χ0) is 9.19. The van der Waals surface area contributed by atoms with Crippen molar-refractivity contribution < 1.29 is 0 Å². The maximum Gasteiger partial charge on any atom is 0.0721 e. The molecule has 0 bridgehead atoms. The second-order valence-electron chi connectivity index (χ2n) is 4.30. The Labute approximate surface area is 76.5 Å². The van der Waals surface area contributed by atoms with Crippen molar-refractivity contribution in [3.63, 3.8) is 0 Å². The Morgan fingerprint density at radius 1 is 1.50 bits per heavy atom. The van der Waals surface area contributed by atoms with Crippen molar-refractivity contribution in [1.82, 2.24) is 4.90 Å². The zero-order valence-corrected chi connectivity index (χ0v) is 9.22. The molecule has 2 heteroatoms. The largest absolute Gasteiger partial charge is 0.329 e. The van der Waals surface area contributed by atoms with Gasteiger partial charge in [-0.3, -0.25) is 0 Å². The van der Waals surface area contributed by atoms with Crippen molar-refractivity contribution in [2.75, 3.05) is 13.1 Å². The molecular weight excluding hydrogens is 162 g/mol. The van der Waals surface area contributed by atoms with Crippen molar-refractivity contribution in [3.05, 3.63) is 11.3 Å². The zero-order valence-electron chi connectivity index (χ0n) is 8.22. The number of terminal acetylenes is 1. The van der Waals surface area contributed by atoms with E-state index in [2.05, 4.69) is 31.8 Å². The van der Waals surface area contributed by atoms with E-state index in [1.807, 2.05) is 4.90 Å². The number of hydrogen-bond donors (Lipinski definition) is 0. The van der Waals surface area contributed by atoms with Gasteiger partial charge in [-0.05, 0) is 6.42 Å². The highest BCUT2D eigenvalue weighted by Gasteiger charge is 2.21. The minimum absolute atomic E-state index is 0.954. The molecule has 0 N–H and O–H groups in total. The van der Waals surface area contributed by atoms with Gasteiger partial charge in [-0.15, -0.1) is 0 Å². The highest BCUT2D eigenvalue weighted by atomic mass is 28.3. The molecule has 0 aliphatic carbocycles. The summed E-state index contributed by atoms with van der Waals surface area (Å²) in [7, 11) is -1.03. The van der Waals surface area contributed by atoms with E-state index in [-0.39, 0.29) is 0 Å². The lowest BCUT2D eigenvalue weighted by Crippen LogP contribution is -2.32. The van der Waals surface area contributed by atoms with Crippen LogP contribution in [-0.4, -0.2) is 26.1 Å². The second kappa shape index (κ2) is 3.36. The summed E-state index contributed by atoms with van der Waals surface area (Å²) in [4.78, 5) is 2.03. The van der Waals surface area contributed by atoms with Crippen LogP contribution in [0.15, 0.2) is 11.3 Å². The number of rotatable bonds is 1. The number of hydrogen-bond acceptors (Lipinski definition) is 1. The van der Waals surface area contributed by atoms with Crippen molar-refractivity contribution in [3.8, 4) is 12.5 Å². The molecule has 12 heavy (non-hydrogen) atoms. The SMILES string of the molecule is C#CN1CC=C([Si](C)(C)C)CC1. The van der Waals surface area contributed by atoms with Crippen LogP contribution < -0.4 is 0 Å². The molecule has 1 nitrogen and oxygen atoms in total. The van der Waals surface area contributed by atoms with Gasteiger partial charge in [-0.1, -0.05) is 37.3 Å². The van der Waals surface area contributed by atoms with Gasteiger partial charge in [0.15, 0.2) is 0 Å². The van der Waals surface area contributed by atoms with Crippen LogP contribution in [-0.2, 0) is 0 Å². The lowest BCUT2D eigenvalue weighted by Gasteiger charge is -2.28. The Morgan fingerprint density at radius 2 is 2.17 bits per heavy atom. The first kappa shape index (κ1) is 9.41. The molecular formula is C10H17NSi. The van der Waals surface area contributed by atoms with Gasteiger partial charge in [0.25, 0.3) is 0 Å². The van der Waals surface area contributed by atoms with Crippen LogP contribution in [0.4, 0.5) is 0 Å². The summed E-state index contributed by atoms with van der Waals surface area (Å²) in [6, 6.07) is 2.68. The fraction of sp³-hybridized carbons (Fsp3) is 0.600. The molecule has 0 saturated carbocycles. The van der Waals surface area contributed by atoms with Crippen molar-refractivity contribution in [2.24, 2.45) is 0 Å². The Balaban J connectivity index is 2.64. The van der Waals surface area contributed by atoms with Gasteiger partial charge < -0.3 is 4.90 Å². The second-order valence-corrected chi connectivity index (χ2v) is 9.45. The molecule has 66 valence electrons. The number of nitrogens with zero attached hydrogens (tertiary/aromatic N) is 1. The lowest BCUT2D eigenvalue weighted by atomic mass is 10.2. The molecule has 0 unspecified atom stereocenters. The summed E-state index contributed by atoms with van der Waals surface area (Å²) >= 11 is 0. The van der Waals surface area contributed by atoms with Crippen LogP contribution in [0.1, 0.15) is 6.42 Å². The van der Waals surface area contributed by atoms with E-state index in [9.17, 15) is 0 Å². The van der Waals surface area contributed by atoms with E-state index in [0.717, 1.165) is 13.1 Å². The van der Waals surface area contributed by atoms with Crippen LogP contribution in [0.25, 0.3) is 0 Å². The Kier molecular flexibility index (Phi) is 2.64. The normalized spacial score (nSPS) is 18.5. The monoisotopic (exact) mass is 179 g/mol. The summed E-state index contributed by atoms with van der Waals surface area (Å²) in [6.07, 6.45) is 8.83. The van der Waals surface area contributed by atoms with E-state index in [1.54, 1.807) is 5.20 Å². The Bertz CT molecular complexity index is 229. The Morgan fingerprint density at radius 3 is 2.50 bits per heavy atom. The molecule has 0 aromatic carbocycles. The van der Waals surface area contributed by atoms with Crippen molar-refractivity contribution in [1.29, 1.82) is 0 Å². The molecule has 1 aliphatic heterocycles. The van der Waals surface area contributed by atoms with Crippen LogP contribution in [0.3, 0.4) is 0 Å². The van der Waals surface area contributed by atoms with E-state index in [1.165, 1.54) is 6.42 Å². The average Bonchev–Trinajstić information content (AvgIpc) is 2.03. The van der Waals surface area contributed by atoms with Crippen molar-refractivity contribution >= 4 is 8.07 Å². The average molecular weight is 179 g/mol. The molecule has 1 aliphatic rings. The molecule has 0 saturated heterocycles. The first-order valence-electron chi connectivity index (χ1n) is 4.45. The van der Waals surface area contributed by atoms with Crippen LogP contribution in [0, 0.1) is 12.5 Å². The van der Waals surface area contributed by atoms with Gasteiger partial charge in [0.1, 0.15) is 0 Å². The van der Waals surface area contributed by atoms with Crippen LogP contribution in [0.5, 0.6) is 0 Å². The van der Waals surface area contributed by atoms with Crippen LogP contribution in [0.2, 0.25) is 19.6 Å². The Hall–Kier alpha value is -0.683. The van der Waals surface area contributed by atoms with Crippen molar-refractivity contribution in [2.45, 2.75) is 26.1 Å². The minimum atomic E-state index is -1.03. The smallest absolute Gasteiger partial charge is 0.0721 e. The van der Waals surface area contributed by atoms with E-state index < -0.39 is 8.07 Å². The highest BCUT2D eigenvalue weighted by molar-refractivity contribution is 6.83. The first-order valence-corrected chi connectivity index (χ1v) is 7.95. The maximum absolute atomic E-state index is 5.32.